The molecule has 3 heterocycles. The van der Waals surface area contributed by atoms with Crippen molar-refractivity contribution in [1.82, 2.24) is 5.32 Å². The predicted molar refractivity (Wildman–Crippen MR) is 101 cm³/mol. The van der Waals surface area contributed by atoms with Gasteiger partial charge in [0, 0.05) is 30.9 Å². The maximum Gasteiger partial charge on any atom is 0.287 e. The average Bonchev–Trinajstić information content (AvgIpc) is 3.44. The molecule has 2 aromatic heterocycles. The Hall–Kier alpha value is -2.57. The van der Waals surface area contributed by atoms with Crippen molar-refractivity contribution in [3.63, 3.8) is 0 Å². The van der Waals surface area contributed by atoms with Gasteiger partial charge in [0.05, 0.1) is 32.5 Å². The summed E-state index contributed by atoms with van der Waals surface area (Å²) in [6.07, 6.45) is 4.11. The molecule has 1 aromatic carbocycles. The second-order valence-corrected chi connectivity index (χ2v) is 6.98. The van der Waals surface area contributed by atoms with Crippen molar-refractivity contribution in [2.24, 2.45) is 0 Å². The van der Waals surface area contributed by atoms with Crippen molar-refractivity contribution in [3.8, 4) is 0 Å². The van der Waals surface area contributed by atoms with Crippen molar-refractivity contribution in [2.45, 2.75) is 25.5 Å². The van der Waals surface area contributed by atoms with Gasteiger partial charge >= 0.3 is 0 Å². The van der Waals surface area contributed by atoms with Gasteiger partial charge in [-0.3, -0.25) is 4.79 Å². The van der Waals surface area contributed by atoms with E-state index in [1.807, 2.05) is 36.4 Å². The molecule has 142 valence electrons. The lowest BCUT2D eigenvalue weighted by Crippen LogP contribution is -3.11. The minimum atomic E-state index is -0.214. The van der Waals surface area contributed by atoms with Gasteiger partial charge in [0.15, 0.2) is 17.6 Å². The van der Waals surface area contributed by atoms with Crippen LogP contribution in [0.25, 0.3) is 11.0 Å². The smallest absolute Gasteiger partial charge is 0.287 e. The molecule has 1 aliphatic heterocycles. The van der Waals surface area contributed by atoms with Crippen molar-refractivity contribution in [3.05, 3.63) is 59.7 Å². The molecule has 6 heteroatoms. The predicted octanol–water partition coefficient (Wildman–Crippen LogP) is 2.32. The number of ether oxygens (including phenoxy) is 1. The summed E-state index contributed by atoms with van der Waals surface area (Å²) in [5.74, 6) is 1.02. The number of hydrogen-bond donors (Lipinski definition) is 2. The molecule has 0 spiro atoms. The van der Waals surface area contributed by atoms with E-state index in [4.69, 9.17) is 13.6 Å². The van der Waals surface area contributed by atoms with E-state index < -0.39 is 0 Å². The Labute approximate surface area is 158 Å². The van der Waals surface area contributed by atoms with E-state index in [2.05, 4.69) is 5.32 Å². The number of amides is 1. The Morgan fingerprint density at radius 1 is 1.22 bits per heavy atom. The fourth-order valence-corrected chi connectivity index (χ4v) is 3.96. The van der Waals surface area contributed by atoms with Crippen LogP contribution in [-0.4, -0.2) is 32.7 Å². The molecule has 6 nitrogen and oxygen atoms in total. The Morgan fingerprint density at radius 3 is 2.78 bits per heavy atom. The number of hydrogen-bond acceptors (Lipinski definition) is 4. The van der Waals surface area contributed by atoms with Gasteiger partial charge in [-0.05, 0) is 18.2 Å². The van der Waals surface area contributed by atoms with E-state index in [-0.39, 0.29) is 11.9 Å². The molecule has 0 unspecified atom stereocenters. The molecule has 0 radical (unpaired) electrons. The number of para-hydroxylation sites is 1. The lowest BCUT2D eigenvalue weighted by atomic mass is 10.1. The summed E-state index contributed by atoms with van der Waals surface area (Å²) in [5.41, 5.74) is 1.48. The van der Waals surface area contributed by atoms with E-state index in [0.29, 0.717) is 24.5 Å². The monoisotopic (exact) mass is 369 g/mol. The Balaban J connectivity index is 1.54. The second kappa shape index (κ2) is 7.98. The van der Waals surface area contributed by atoms with Crippen LogP contribution in [0.15, 0.2) is 51.5 Å². The lowest BCUT2D eigenvalue weighted by Gasteiger charge is -2.23. The topological polar surface area (TPSA) is 69.0 Å². The summed E-state index contributed by atoms with van der Waals surface area (Å²) in [5, 5.41) is 3.97. The molecule has 1 fully saturated rings. The summed E-state index contributed by atoms with van der Waals surface area (Å²) < 4.78 is 16.8. The van der Waals surface area contributed by atoms with Gasteiger partial charge < -0.3 is 23.8 Å². The molecule has 0 aliphatic carbocycles. The number of likely N-dealkylation sites (tertiary alicyclic amines) is 1. The van der Waals surface area contributed by atoms with Crippen molar-refractivity contribution >= 4 is 16.9 Å². The third-order valence-electron chi connectivity index (χ3n) is 5.29. The molecule has 4 rings (SSSR count). The largest absolute Gasteiger partial charge is 0.463 e. The van der Waals surface area contributed by atoms with Crippen LogP contribution in [0.3, 0.4) is 0 Å². The van der Waals surface area contributed by atoms with Crippen LogP contribution in [0.5, 0.6) is 0 Å². The molecule has 0 bridgehead atoms. The molecule has 0 saturated carbocycles. The average molecular weight is 369 g/mol. The van der Waals surface area contributed by atoms with Crippen molar-refractivity contribution in [2.75, 3.05) is 26.7 Å². The molecular formula is C21H25N2O4+. The van der Waals surface area contributed by atoms with Crippen LogP contribution in [0.1, 0.15) is 40.8 Å². The molecule has 1 aliphatic rings. The van der Waals surface area contributed by atoms with E-state index in [0.717, 1.165) is 29.8 Å². The third kappa shape index (κ3) is 3.63. The summed E-state index contributed by atoms with van der Waals surface area (Å²) in [6.45, 7) is 3.03. The van der Waals surface area contributed by atoms with Gasteiger partial charge in [0.25, 0.3) is 5.91 Å². The van der Waals surface area contributed by atoms with E-state index >= 15 is 0 Å². The van der Waals surface area contributed by atoms with Crippen LogP contribution in [0.2, 0.25) is 0 Å². The number of quaternary nitrogens is 1. The van der Waals surface area contributed by atoms with Gasteiger partial charge in [-0.15, -0.1) is 0 Å². The highest BCUT2D eigenvalue weighted by atomic mass is 16.5. The molecular weight excluding hydrogens is 344 g/mol. The highest BCUT2D eigenvalue weighted by Gasteiger charge is 2.30. The minimum Gasteiger partial charge on any atom is -0.463 e. The number of furan rings is 2. The highest BCUT2D eigenvalue weighted by Crippen LogP contribution is 2.26. The van der Waals surface area contributed by atoms with Crippen LogP contribution in [0.4, 0.5) is 0 Å². The summed E-state index contributed by atoms with van der Waals surface area (Å²) >= 11 is 0. The summed E-state index contributed by atoms with van der Waals surface area (Å²) in [7, 11) is 1.62. The normalized spacial score (nSPS) is 16.0. The molecule has 27 heavy (non-hydrogen) atoms. The SMILES string of the molecule is COCc1c(C(=O)NC[C@@H](c2ccco2)[NH+]2CCCC2)oc2ccccc12. The first-order chi connectivity index (χ1) is 13.3. The number of methoxy groups -OCH3 is 1. The fraction of sp³-hybridized carbons (Fsp3) is 0.381. The number of carbonyl (C=O) groups excluding carboxylic acids is 1. The van der Waals surface area contributed by atoms with Crippen molar-refractivity contribution < 1.29 is 23.3 Å². The van der Waals surface area contributed by atoms with Crippen LogP contribution in [0, 0.1) is 0 Å². The van der Waals surface area contributed by atoms with Gasteiger partial charge in [0.1, 0.15) is 5.58 Å². The van der Waals surface area contributed by atoms with Crippen LogP contribution in [-0.2, 0) is 11.3 Å². The Kier molecular flexibility index (Phi) is 5.27. The zero-order valence-corrected chi connectivity index (χ0v) is 15.5. The quantitative estimate of drug-likeness (QED) is 0.671. The van der Waals surface area contributed by atoms with Crippen LogP contribution >= 0.6 is 0 Å². The first-order valence-electron chi connectivity index (χ1n) is 9.43. The van der Waals surface area contributed by atoms with Crippen molar-refractivity contribution in [1.29, 1.82) is 0 Å². The first kappa shape index (κ1) is 17.8. The number of carbonyl (C=O) groups is 1. The maximum atomic E-state index is 12.9. The Bertz CT molecular complexity index is 894. The molecule has 3 aromatic rings. The zero-order valence-electron chi connectivity index (χ0n) is 15.5. The second-order valence-electron chi connectivity index (χ2n) is 6.98. The molecule has 1 atom stereocenters. The lowest BCUT2D eigenvalue weighted by molar-refractivity contribution is -0.919. The van der Waals surface area contributed by atoms with Gasteiger partial charge in [0.2, 0.25) is 0 Å². The van der Waals surface area contributed by atoms with E-state index in [1.54, 1.807) is 13.4 Å². The summed E-state index contributed by atoms with van der Waals surface area (Å²) in [4.78, 5) is 14.3. The molecule has 2 N–H and O–H groups in total. The number of rotatable bonds is 7. The van der Waals surface area contributed by atoms with Gasteiger partial charge in [-0.1, -0.05) is 18.2 Å². The van der Waals surface area contributed by atoms with E-state index in [9.17, 15) is 4.79 Å². The fourth-order valence-electron chi connectivity index (χ4n) is 3.96. The van der Waals surface area contributed by atoms with Crippen LogP contribution < -0.4 is 10.2 Å². The highest BCUT2D eigenvalue weighted by molar-refractivity contribution is 5.99. The standard InChI is InChI=1S/C21H24N2O4/c1-25-14-16-15-7-2-3-8-18(15)27-20(16)21(24)22-13-17(19-9-6-12-26-19)23-10-4-5-11-23/h2-3,6-9,12,17H,4-5,10-11,13-14H2,1H3,(H,22,24)/p+1/t17-/m0/s1. The minimum absolute atomic E-state index is 0.113. The van der Waals surface area contributed by atoms with Gasteiger partial charge in [-0.2, -0.15) is 0 Å². The number of nitrogens with one attached hydrogen (secondary N) is 2. The van der Waals surface area contributed by atoms with Gasteiger partial charge in [-0.25, -0.2) is 0 Å². The van der Waals surface area contributed by atoms with E-state index in [1.165, 1.54) is 17.7 Å². The maximum absolute atomic E-state index is 12.9. The number of fused-ring (bicyclic) bond motifs is 1. The third-order valence-corrected chi connectivity index (χ3v) is 5.29. The summed E-state index contributed by atoms with van der Waals surface area (Å²) in [6, 6.07) is 11.6. The molecule has 1 saturated heterocycles. The number of benzene rings is 1. The first-order valence-corrected chi connectivity index (χ1v) is 9.43. The zero-order chi connectivity index (χ0) is 18.6. The molecule has 1 amide bonds. The Morgan fingerprint density at radius 2 is 2.04 bits per heavy atom.